The monoisotopic (exact) mass is 375 g/mol. The molecule has 7 nitrogen and oxygen atoms in total. The zero-order chi connectivity index (χ0) is 19.1. The van der Waals surface area contributed by atoms with Gasteiger partial charge in [0.2, 0.25) is 0 Å². The lowest BCUT2D eigenvalue weighted by Crippen LogP contribution is -2.38. The van der Waals surface area contributed by atoms with Crippen LogP contribution in [0.4, 0.5) is 0 Å². The number of piperidine rings is 1. The molecule has 0 radical (unpaired) electrons. The van der Waals surface area contributed by atoms with E-state index in [0.29, 0.717) is 31.7 Å². The summed E-state index contributed by atoms with van der Waals surface area (Å²) in [5.74, 6) is 1.28. The van der Waals surface area contributed by atoms with Crippen LogP contribution < -0.4 is 5.32 Å². The zero-order valence-corrected chi connectivity index (χ0v) is 15.5. The maximum absolute atomic E-state index is 12.7. The Bertz CT molecular complexity index is 1050. The van der Waals surface area contributed by atoms with Crippen LogP contribution in [0.1, 0.15) is 45.3 Å². The Hall–Kier alpha value is -3.22. The molecule has 5 rings (SSSR count). The standard InChI is InChI=1S/C21H21N5O2/c27-20-16-12-22-13-17-18(16)26(11-8-23-20)19(24-17)14-6-9-25(10-7-14)21(28)15-4-2-1-3-5-15/h1-5,12-14H,6-11H2,(H,23,27). The van der Waals surface area contributed by atoms with Crippen LogP contribution in [-0.2, 0) is 6.54 Å². The van der Waals surface area contributed by atoms with Crippen molar-refractivity contribution < 1.29 is 9.59 Å². The molecule has 0 saturated carbocycles. The van der Waals surface area contributed by atoms with Crippen molar-refractivity contribution in [2.45, 2.75) is 25.3 Å². The van der Waals surface area contributed by atoms with Gasteiger partial charge in [-0.05, 0) is 25.0 Å². The van der Waals surface area contributed by atoms with E-state index in [1.807, 2.05) is 35.2 Å². The largest absolute Gasteiger partial charge is 0.350 e. The van der Waals surface area contributed by atoms with Crippen molar-refractivity contribution in [1.29, 1.82) is 0 Å². The van der Waals surface area contributed by atoms with Crippen molar-refractivity contribution >= 4 is 22.8 Å². The van der Waals surface area contributed by atoms with Gasteiger partial charge in [-0.25, -0.2) is 4.98 Å². The molecule has 2 amide bonds. The molecule has 0 unspecified atom stereocenters. The Morgan fingerprint density at radius 3 is 2.64 bits per heavy atom. The third kappa shape index (κ3) is 2.74. The summed E-state index contributed by atoms with van der Waals surface area (Å²) in [5, 5.41) is 2.93. The first-order valence-corrected chi connectivity index (χ1v) is 9.69. The van der Waals surface area contributed by atoms with E-state index in [9.17, 15) is 9.59 Å². The summed E-state index contributed by atoms with van der Waals surface area (Å²) in [6.45, 7) is 2.71. The van der Waals surface area contributed by atoms with Crippen LogP contribution in [0.15, 0.2) is 42.7 Å². The number of pyridine rings is 1. The number of hydrogen-bond acceptors (Lipinski definition) is 4. The van der Waals surface area contributed by atoms with E-state index in [2.05, 4.69) is 14.9 Å². The maximum atomic E-state index is 12.7. The summed E-state index contributed by atoms with van der Waals surface area (Å²) in [4.78, 5) is 35.9. The van der Waals surface area contributed by atoms with Crippen molar-refractivity contribution in [3.05, 3.63) is 59.7 Å². The summed E-state index contributed by atoms with van der Waals surface area (Å²) in [7, 11) is 0. The third-order valence-corrected chi connectivity index (χ3v) is 5.71. The van der Waals surface area contributed by atoms with E-state index in [-0.39, 0.29) is 17.7 Å². The van der Waals surface area contributed by atoms with Gasteiger partial charge in [0.15, 0.2) is 0 Å². The van der Waals surface area contributed by atoms with E-state index in [4.69, 9.17) is 4.98 Å². The van der Waals surface area contributed by atoms with E-state index in [0.717, 1.165) is 35.3 Å². The Morgan fingerprint density at radius 1 is 1.07 bits per heavy atom. The Kier molecular flexibility index (Phi) is 4.07. The number of nitrogens with one attached hydrogen (secondary N) is 1. The van der Waals surface area contributed by atoms with E-state index in [1.54, 1.807) is 12.4 Å². The van der Waals surface area contributed by atoms with Crippen LogP contribution in [0.3, 0.4) is 0 Å². The van der Waals surface area contributed by atoms with Gasteiger partial charge in [0.05, 0.1) is 17.3 Å². The highest BCUT2D eigenvalue weighted by molar-refractivity contribution is 6.05. The zero-order valence-electron chi connectivity index (χ0n) is 15.5. The normalized spacial score (nSPS) is 17.4. The number of carbonyl (C=O) groups is 2. The first-order chi connectivity index (χ1) is 13.7. The molecule has 2 aromatic heterocycles. The second kappa shape index (κ2) is 6.74. The lowest BCUT2D eigenvalue weighted by atomic mass is 9.95. The summed E-state index contributed by atoms with van der Waals surface area (Å²) >= 11 is 0. The van der Waals surface area contributed by atoms with Crippen LogP contribution in [0, 0.1) is 0 Å². The highest BCUT2D eigenvalue weighted by Crippen LogP contribution is 2.32. The molecular formula is C21H21N5O2. The molecule has 0 bridgehead atoms. The number of likely N-dealkylation sites (tertiary alicyclic amines) is 1. The molecule has 2 aliphatic rings. The molecule has 2 aliphatic heterocycles. The highest BCUT2D eigenvalue weighted by atomic mass is 16.2. The summed E-state index contributed by atoms with van der Waals surface area (Å²) in [6.07, 6.45) is 5.08. The molecule has 1 N–H and O–H groups in total. The first-order valence-electron chi connectivity index (χ1n) is 9.69. The predicted molar refractivity (Wildman–Crippen MR) is 104 cm³/mol. The molecule has 7 heteroatoms. The van der Waals surface area contributed by atoms with Crippen LogP contribution in [0.5, 0.6) is 0 Å². The second-order valence-electron chi connectivity index (χ2n) is 7.36. The molecule has 1 aromatic carbocycles. The Labute approximate surface area is 162 Å². The number of nitrogens with zero attached hydrogens (tertiary/aromatic N) is 4. The van der Waals surface area contributed by atoms with Gasteiger partial charge < -0.3 is 14.8 Å². The number of aromatic nitrogens is 3. The summed E-state index contributed by atoms with van der Waals surface area (Å²) < 4.78 is 2.17. The van der Waals surface area contributed by atoms with Crippen molar-refractivity contribution in [3.8, 4) is 0 Å². The molecule has 0 spiro atoms. The second-order valence-corrected chi connectivity index (χ2v) is 7.36. The SMILES string of the molecule is O=C1NCCn2c(C3CCN(C(=O)c4ccccc4)CC3)nc3cncc1c32. The average molecular weight is 375 g/mol. The molecule has 1 fully saturated rings. The molecule has 0 aliphatic carbocycles. The van der Waals surface area contributed by atoms with Gasteiger partial charge >= 0.3 is 0 Å². The third-order valence-electron chi connectivity index (χ3n) is 5.71. The maximum Gasteiger partial charge on any atom is 0.255 e. The van der Waals surface area contributed by atoms with Crippen molar-refractivity contribution in [3.63, 3.8) is 0 Å². The molecule has 142 valence electrons. The van der Waals surface area contributed by atoms with E-state index >= 15 is 0 Å². The van der Waals surface area contributed by atoms with Crippen molar-refractivity contribution in [2.75, 3.05) is 19.6 Å². The number of rotatable bonds is 2. The Morgan fingerprint density at radius 2 is 1.86 bits per heavy atom. The fourth-order valence-corrected chi connectivity index (χ4v) is 4.29. The molecule has 4 heterocycles. The number of hydrogen-bond donors (Lipinski definition) is 1. The van der Waals surface area contributed by atoms with Gasteiger partial charge in [0.1, 0.15) is 11.3 Å². The minimum Gasteiger partial charge on any atom is -0.350 e. The van der Waals surface area contributed by atoms with Crippen LogP contribution >= 0.6 is 0 Å². The van der Waals surface area contributed by atoms with E-state index < -0.39 is 0 Å². The van der Waals surface area contributed by atoms with Crippen LogP contribution in [0.25, 0.3) is 11.0 Å². The lowest BCUT2D eigenvalue weighted by Gasteiger charge is -2.32. The Balaban J connectivity index is 1.40. The van der Waals surface area contributed by atoms with Crippen molar-refractivity contribution in [1.82, 2.24) is 24.8 Å². The minimum atomic E-state index is -0.0911. The quantitative estimate of drug-likeness (QED) is 0.745. The first kappa shape index (κ1) is 16.9. The van der Waals surface area contributed by atoms with Gasteiger partial charge in [0, 0.05) is 43.9 Å². The van der Waals surface area contributed by atoms with Gasteiger partial charge in [-0.1, -0.05) is 18.2 Å². The van der Waals surface area contributed by atoms with Crippen LogP contribution in [-0.4, -0.2) is 50.9 Å². The van der Waals surface area contributed by atoms with Gasteiger partial charge in [0.25, 0.3) is 11.8 Å². The van der Waals surface area contributed by atoms with Gasteiger partial charge in [-0.3, -0.25) is 14.6 Å². The van der Waals surface area contributed by atoms with E-state index in [1.165, 1.54) is 0 Å². The van der Waals surface area contributed by atoms with Crippen LogP contribution in [0.2, 0.25) is 0 Å². The smallest absolute Gasteiger partial charge is 0.255 e. The van der Waals surface area contributed by atoms with Gasteiger partial charge in [-0.15, -0.1) is 0 Å². The average Bonchev–Trinajstić information content (AvgIpc) is 3.03. The number of amides is 2. The number of benzene rings is 1. The molecule has 3 aromatic rings. The summed E-state index contributed by atoms with van der Waals surface area (Å²) in [5.41, 5.74) is 2.97. The number of imidazole rings is 1. The van der Waals surface area contributed by atoms with Gasteiger partial charge in [-0.2, -0.15) is 0 Å². The topological polar surface area (TPSA) is 80.1 Å². The lowest BCUT2D eigenvalue weighted by molar-refractivity contribution is 0.0710. The minimum absolute atomic E-state index is 0.0896. The summed E-state index contributed by atoms with van der Waals surface area (Å²) in [6, 6.07) is 9.43. The highest BCUT2D eigenvalue weighted by Gasteiger charge is 2.30. The molecule has 28 heavy (non-hydrogen) atoms. The fraction of sp³-hybridized carbons (Fsp3) is 0.333. The number of carbonyl (C=O) groups excluding carboxylic acids is 2. The molecular weight excluding hydrogens is 354 g/mol. The molecule has 0 atom stereocenters. The van der Waals surface area contributed by atoms with Crippen molar-refractivity contribution in [2.24, 2.45) is 0 Å². The molecule has 1 saturated heterocycles. The fourth-order valence-electron chi connectivity index (χ4n) is 4.29. The predicted octanol–water partition coefficient (Wildman–Crippen LogP) is 2.19.